The molecule has 0 aromatic carbocycles. The van der Waals surface area contributed by atoms with E-state index in [-0.39, 0.29) is 5.69 Å². The van der Waals surface area contributed by atoms with Crippen LogP contribution < -0.4 is 5.73 Å². The van der Waals surface area contributed by atoms with Gasteiger partial charge in [0.05, 0.1) is 18.0 Å². The average Bonchev–Trinajstić information content (AvgIpc) is 3.34. The summed E-state index contributed by atoms with van der Waals surface area (Å²) in [6, 6.07) is 3.49. The van der Waals surface area contributed by atoms with E-state index in [9.17, 15) is 4.79 Å². The predicted molar refractivity (Wildman–Crippen MR) is 85.9 cm³/mol. The standard InChI is InChI=1S/C17H18N4O3/c18-17(22)15-14(16(24-20-15)13-6-3-7-23-13)12-8-19-21(10-12)9-11-4-1-2-5-11/h3,6-8,10-11H,1-2,4-5,9H2,(H2,18,22). The van der Waals surface area contributed by atoms with Gasteiger partial charge in [-0.25, -0.2) is 0 Å². The molecule has 1 aliphatic carbocycles. The topological polar surface area (TPSA) is 100 Å². The maximum Gasteiger partial charge on any atom is 0.271 e. The first kappa shape index (κ1) is 14.7. The van der Waals surface area contributed by atoms with Crippen molar-refractivity contribution in [3.05, 3.63) is 36.5 Å². The highest BCUT2D eigenvalue weighted by atomic mass is 16.5. The van der Waals surface area contributed by atoms with E-state index in [0.29, 0.717) is 23.0 Å². The van der Waals surface area contributed by atoms with Gasteiger partial charge in [0.15, 0.2) is 11.5 Å². The van der Waals surface area contributed by atoms with Crippen LogP contribution >= 0.6 is 0 Å². The normalized spacial score (nSPS) is 15.2. The quantitative estimate of drug-likeness (QED) is 0.776. The zero-order valence-corrected chi connectivity index (χ0v) is 13.1. The highest BCUT2D eigenvalue weighted by molar-refractivity contribution is 6.00. The Hall–Kier alpha value is -2.83. The number of nitrogens with two attached hydrogens (primary N) is 1. The SMILES string of the molecule is NC(=O)c1noc(-c2ccco2)c1-c1cnn(CC2CCCC2)c1. The van der Waals surface area contributed by atoms with E-state index in [1.807, 2.05) is 10.9 Å². The Balaban J connectivity index is 1.71. The number of hydrogen-bond donors (Lipinski definition) is 1. The Kier molecular flexibility index (Phi) is 3.68. The Morgan fingerprint density at radius 2 is 2.21 bits per heavy atom. The predicted octanol–water partition coefficient (Wildman–Crippen LogP) is 3.09. The minimum atomic E-state index is -0.643. The molecular formula is C17H18N4O3. The summed E-state index contributed by atoms with van der Waals surface area (Å²) in [6.07, 6.45) is 10.2. The molecule has 0 saturated heterocycles. The van der Waals surface area contributed by atoms with Gasteiger partial charge in [-0.05, 0) is 30.9 Å². The number of rotatable bonds is 5. The molecule has 1 aliphatic rings. The monoisotopic (exact) mass is 326 g/mol. The number of primary amides is 1. The molecule has 0 aliphatic heterocycles. The van der Waals surface area contributed by atoms with Gasteiger partial charge in [-0.1, -0.05) is 18.0 Å². The first-order valence-corrected chi connectivity index (χ1v) is 8.08. The zero-order chi connectivity index (χ0) is 16.5. The van der Waals surface area contributed by atoms with Crippen LogP contribution in [0.5, 0.6) is 0 Å². The van der Waals surface area contributed by atoms with Crippen LogP contribution in [0, 0.1) is 5.92 Å². The maximum absolute atomic E-state index is 11.7. The fourth-order valence-corrected chi connectivity index (χ4v) is 3.35. The number of aromatic nitrogens is 3. The van der Waals surface area contributed by atoms with Crippen molar-refractivity contribution >= 4 is 5.91 Å². The molecule has 1 saturated carbocycles. The number of hydrogen-bond acceptors (Lipinski definition) is 5. The van der Waals surface area contributed by atoms with Crippen molar-refractivity contribution in [2.24, 2.45) is 11.7 Å². The highest BCUT2D eigenvalue weighted by Gasteiger charge is 2.25. The van der Waals surface area contributed by atoms with Crippen molar-refractivity contribution in [3.63, 3.8) is 0 Å². The molecule has 24 heavy (non-hydrogen) atoms. The van der Waals surface area contributed by atoms with E-state index in [1.165, 1.54) is 31.9 Å². The van der Waals surface area contributed by atoms with Gasteiger partial charge in [-0.2, -0.15) is 5.10 Å². The molecule has 4 rings (SSSR count). The van der Waals surface area contributed by atoms with Crippen LogP contribution in [-0.4, -0.2) is 20.8 Å². The first-order valence-electron chi connectivity index (χ1n) is 8.08. The summed E-state index contributed by atoms with van der Waals surface area (Å²) in [4.78, 5) is 11.7. The fourth-order valence-electron chi connectivity index (χ4n) is 3.35. The van der Waals surface area contributed by atoms with Gasteiger partial charge in [-0.3, -0.25) is 9.48 Å². The van der Waals surface area contributed by atoms with Crippen molar-refractivity contribution in [2.45, 2.75) is 32.2 Å². The third kappa shape index (κ3) is 2.62. The van der Waals surface area contributed by atoms with Gasteiger partial charge in [-0.15, -0.1) is 0 Å². The third-order valence-corrected chi connectivity index (χ3v) is 4.51. The number of furan rings is 1. The van der Waals surface area contributed by atoms with Gasteiger partial charge in [0.25, 0.3) is 5.91 Å². The summed E-state index contributed by atoms with van der Waals surface area (Å²) >= 11 is 0. The van der Waals surface area contributed by atoms with Crippen LogP contribution in [0.3, 0.4) is 0 Å². The maximum atomic E-state index is 11.7. The van der Waals surface area contributed by atoms with Gasteiger partial charge >= 0.3 is 0 Å². The third-order valence-electron chi connectivity index (χ3n) is 4.51. The lowest BCUT2D eigenvalue weighted by Crippen LogP contribution is -2.12. The molecule has 0 bridgehead atoms. The molecule has 2 N–H and O–H groups in total. The lowest BCUT2D eigenvalue weighted by atomic mass is 10.1. The van der Waals surface area contributed by atoms with E-state index in [1.54, 1.807) is 18.3 Å². The minimum absolute atomic E-state index is 0.0850. The summed E-state index contributed by atoms with van der Waals surface area (Å²) in [7, 11) is 0. The van der Waals surface area contributed by atoms with E-state index in [2.05, 4.69) is 10.3 Å². The smallest absolute Gasteiger partial charge is 0.271 e. The molecule has 1 fully saturated rings. The van der Waals surface area contributed by atoms with E-state index < -0.39 is 5.91 Å². The van der Waals surface area contributed by atoms with Gasteiger partial charge in [0.1, 0.15) is 0 Å². The summed E-state index contributed by atoms with van der Waals surface area (Å²) in [5.74, 6) is 0.901. The van der Waals surface area contributed by atoms with Crippen molar-refractivity contribution in [2.75, 3.05) is 0 Å². The van der Waals surface area contributed by atoms with Crippen molar-refractivity contribution in [1.82, 2.24) is 14.9 Å². The van der Waals surface area contributed by atoms with Crippen LogP contribution in [0.2, 0.25) is 0 Å². The number of nitrogens with zero attached hydrogens (tertiary/aromatic N) is 3. The van der Waals surface area contributed by atoms with Crippen LogP contribution in [0.4, 0.5) is 0 Å². The molecular weight excluding hydrogens is 308 g/mol. The summed E-state index contributed by atoms with van der Waals surface area (Å²) in [5, 5.41) is 8.24. The van der Waals surface area contributed by atoms with Crippen molar-refractivity contribution < 1.29 is 13.7 Å². The summed E-state index contributed by atoms with van der Waals surface area (Å²) in [5.41, 5.74) is 6.79. The average molecular weight is 326 g/mol. The molecule has 124 valence electrons. The molecule has 0 radical (unpaired) electrons. The molecule has 3 heterocycles. The van der Waals surface area contributed by atoms with Gasteiger partial charge < -0.3 is 14.7 Å². The van der Waals surface area contributed by atoms with E-state index >= 15 is 0 Å². The van der Waals surface area contributed by atoms with Crippen LogP contribution in [0.25, 0.3) is 22.6 Å². The lowest BCUT2D eigenvalue weighted by molar-refractivity contribution is 0.0992. The number of carbonyl (C=O) groups excluding carboxylic acids is 1. The molecule has 3 aromatic heterocycles. The highest BCUT2D eigenvalue weighted by Crippen LogP contribution is 2.35. The molecule has 7 heteroatoms. The van der Waals surface area contributed by atoms with Crippen LogP contribution in [0.1, 0.15) is 36.2 Å². The second kappa shape index (κ2) is 5.99. The lowest BCUT2D eigenvalue weighted by Gasteiger charge is -2.08. The minimum Gasteiger partial charge on any atom is -0.461 e. The van der Waals surface area contributed by atoms with Gasteiger partial charge in [0.2, 0.25) is 5.76 Å². The van der Waals surface area contributed by atoms with Gasteiger partial charge in [0, 0.05) is 18.3 Å². The Labute approximate surface area is 138 Å². The van der Waals surface area contributed by atoms with E-state index in [0.717, 1.165) is 12.1 Å². The van der Waals surface area contributed by atoms with Crippen LogP contribution in [0.15, 0.2) is 39.7 Å². The summed E-state index contributed by atoms with van der Waals surface area (Å²) in [6.45, 7) is 0.882. The molecule has 0 spiro atoms. The molecule has 7 nitrogen and oxygen atoms in total. The zero-order valence-electron chi connectivity index (χ0n) is 13.1. The first-order chi connectivity index (χ1) is 11.7. The number of carbonyl (C=O) groups is 1. The summed E-state index contributed by atoms with van der Waals surface area (Å²) < 4.78 is 12.6. The second-order valence-corrected chi connectivity index (χ2v) is 6.18. The largest absolute Gasteiger partial charge is 0.461 e. The second-order valence-electron chi connectivity index (χ2n) is 6.18. The Bertz CT molecular complexity index is 841. The van der Waals surface area contributed by atoms with Crippen LogP contribution in [-0.2, 0) is 6.54 Å². The van der Waals surface area contributed by atoms with Crippen molar-refractivity contribution in [1.29, 1.82) is 0 Å². The molecule has 0 unspecified atom stereocenters. The Morgan fingerprint density at radius 3 is 2.92 bits per heavy atom. The Morgan fingerprint density at radius 1 is 1.38 bits per heavy atom. The van der Waals surface area contributed by atoms with E-state index in [4.69, 9.17) is 14.7 Å². The molecule has 0 atom stereocenters. The molecule has 1 amide bonds. The number of amides is 1. The fraction of sp³-hybridized carbons (Fsp3) is 0.353. The molecule has 3 aromatic rings. The van der Waals surface area contributed by atoms with Crippen molar-refractivity contribution in [3.8, 4) is 22.6 Å².